The number of rotatable bonds is 4. The third-order valence-corrected chi connectivity index (χ3v) is 3.01. The highest BCUT2D eigenvalue weighted by atomic mass is 79.9. The number of carboxylic acids is 1. The highest BCUT2D eigenvalue weighted by molar-refractivity contribution is 9.10. The minimum absolute atomic E-state index is 0.0759. The van der Waals surface area contributed by atoms with Gasteiger partial charge in [-0.25, -0.2) is 14.8 Å². The number of carboxylic acid groups (broad SMARTS) is 1. The maximum Gasteiger partial charge on any atom is 0.339 e. The van der Waals surface area contributed by atoms with E-state index in [2.05, 4.69) is 25.9 Å². The molecule has 0 bridgehead atoms. The van der Waals surface area contributed by atoms with Gasteiger partial charge in [-0.15, -0.1) is 0 Å². The first kappa shape index (κ1) is 14.8. The number of nitro groups is 1. The average Bonchev–Trinajstić information content (AvgIpc) is 2.42. The van der Waals surface area contributed by atoms with E-state index in [1.807, 2.05) is 0 Å². The van der Waals surface area contributed by atoms with Crippen molar-refractivity contribution in [3.63, 3.8) is 0 Å². The Morgan fingerprint density at radius 3 is 2.86 bits per heavy atom. The molecule has 2 aromatic heterocycles. The Balaban J connectivity index is 2.53. The van der Waals surface area contributed by atoms with Crippen LogP contribution in [0.5, 0.6) is 0 Å². The Labute approximate surface area is 125 Å². The van der Waals surface area contributed by atoms with Crippen LogP contribution >= 0.6 is 15.9 Å². The molecule has 0 spiro atoms. The van der Waals surface area contributed by atoms with Gasteiger partial charge in [0, 0.05) is 22.9 Å². The highest BCUT2D eigenvalue weighted by Crippen LogP contribution is 2.15. The normalized spacial score (nSPS) is 10.3. The molecule has 2 rings (SSSR count). The zero-order valence-corrected chi connectivity index (χ0v) is 11.8. The Morgan fingerprint density at radius 1 is 1.52 bits per heavy atom. The number of aromatic nitrogens is 3. The lowest BCUT2D eigenvalue weighted by Gasteiger charge is -2.07. The molecule has 21 heavy (non-hydrogen) atoms. The summed E-state index contributed by atoms with van der Waals surface area (Å²) in [5.74, 6) is -1.25. The Kier molecular flexibility index (Phi) is 4.08. The van der Waals surface area contributed by atoms with E-state index in [0.29, 0.717) is 4.47 Å². The largest absolute Gasteiger partial charge is 0.478 e. The molecule has 0 unspecified atom stereocenters. The molecule has 9 nitrogen and oxygen atoms in total. The van der Waals surface area contributed by atoms with Gasteiger partial charge in [-0.1, -0.05) is 0 Å². The van der Waals surface area contributed by atoms with E-state index in [4.69, 9.17) is 5.11 Å². The summed E-state index contributed by atoms with van der Waals surface area (Å²) in [7, 11) is 0. The topological polar surface area (TPSA) is 128 Å². The number of halogens is 1. The van der Waals surface area contributed by atoms with Gasteiger partial charge in [-0.05, 0) is 15.9 Å². The molecular weight excluding hydrogens is 348 g/mol. The van der Waals surface area contributed by atoms with Crippen LogP contribution in [0.1, 0.15) is 16.1 Å². The molecule has 10 heteroatoms. The van der Waals surface area contributed by atoms with Gasteiger partial charge in [0.1, 0.15) is 11.9 Å². The first-order valence-electron chi connectivity index (χ1n) is 5.46. The van der Waals surface area contributed by atoms with E-state index in [9.17, 15) is 19.7 Å². The van der Waals surface area contributed by atoms with E-state index in [-0.39, 0.29) is 17.8 Å². The second kappa shape index (κ2) is 5.79. The highest BCUT2D eigenvalue weighted by Gasteiger charge is 2.18. The summed E-state index contributed by atoms with van der Waals surface area (Å²) in [5.41, 5.74) is -1.56. The number of nitrogens with zero attached hydrogens (tertiary/aromatic N) is 4. The van der Waals surface area contributed by atoms with Crippen LogP contribution in [0.15, 0.2) is 34.1 Å². The second-order valence-corrected chi connectivity index (χ2v) is 4.84. The van der Waals surface area contributed by atoms with Gasteiger partial charge in [-0.3, -0.25) is 14.9 Å². The number of pyridine rings is 1. The van der Waals surface area contributed by atoms with Crippen molar-refractivity contribution in [1.29, 1.82) is 0 Å². The first-order chi connectivity index (χ1) is 9.90. The van der Waals surface area contributed by atoms with E-state index in [1.165, 1.54) is 6.20 Å². The summed E-state index contributed by atoms with van der Waals surface area (Å²) < 4.78 is 1.33. The van der Waals surface area contributed by atoms with Gasteiger partial charge in [0.15, 0.2) is 0 Å². The maximum absolute atomic E-state index is 12.0. The van der Waals surface area contributed by atoms with Crippen molar-refractivity contribution in [1.82, 2.24) is 14.5 Å². The van der Waals surface area contributed by atoms with Crippen molar-refractivity contribution in [2.24, 2.45) is 0 Å². The minimum atomic E-state index is -1.25. The molecule has 0 saturated heterocycles. The van der Waals surface area contributed by atoms with Gasteiger partial charge in [-0.2, -0.15) is 0 Å². The van der Waals surface area contributed by atoms with E-state index in [0.717, 1.165) is 23.2 Å². The monoisotopic (exact) mass is 354 g/mol. The van der Waals surface area contributed by atoms with Crippen molar-refractivity contribution in [2.75, 3.05) is 0 Å². The SMILES string of the molecule is O=C(O)c1cncnc1Cn1cc(Br)cc([N+](=O)[O-])c1=O. The lowest BCUT2D eigenvalue weighted by molar-refractivity contribution is -0.386. The molecule has 0 aliphatic carbocycles. The minimum Gasteiger partial charge on any atom is -0.478 e. The second-order valence-electron chi connectivity index (χ2n) is 3.92. The van der Waals surface area contributed by atoms with Gasteiger partial charge in [0.25, 0.3) is 0 Å². The molecule has 1 N–H and O–H groups in total. The molecule has 2 aromatic rings. The Bertz CT molecular complexity index is 788. The zero-order chi connectivity index (χ0) is 15.6. The van der Waals surface area contributed by atoms with Crippen molar-refractivity contribution in [3.8, 4) is 0 Å². The van der Waals surface area contributed by atoms with Crippen LogP contribution in [0.2, 0.25) is 0 Å². The quantitative estimate of drug-likeness (QED) is 0.641. The molecule has 0 radical (unpaired) electrons. The van der Waals surface area contributed by atoms with Gasteiger partial charge in [0.05, 0.1) is 17.2 Å². The molecule has 0 aliphatic rings. The lowest BCUT2D eigenvalue weighted by atomic mass is 10.2. The van der Waals surface area contributed by atoms with Crippen molar-refractivity contribution in [2.45, 2.75) is 6.54 Å². The molecule has 0 fully saturated rings. The molecule has 0 aliphatic heterocycles. The fourth-order valence-corrected chi connectivity index (χ4v) is 2.12. The number of hydrogen-bond acceptors (Lipinski definition) is 6. The molecule has 0 atom stereocenters. The van der Waals surface area contributed by atoms with Crippen molar-refractivity contribution < 1.29 is 14.8 Å². The third-order valence-electron chi connectivity index (χ3n) is 2.58. The summed E-state index contributed by atoms with van der Waals surface area (Å²) in [4.78, 5) is 40.4. The van der Waals surface area contributed by atoms with Crippen LogP contribution < -0.4 is 5.56 Å². The fourth-order valence-electron chi connectivity index (χ4n) is 1.65. The number of aromatic carboxylic acids is 1. The first-order valence-corrected chi connectivity index (χ1v) is 6.26. The smallest absolute Gasteiger partial charge is 0.339 e. The van der Waals surface area contributed by atoms with E-state index < -0.39 is 22.1 Å². The van der Waals surface area contributed by atoms with Crippen LogP contribution in [-0.4, -0.2) is 30.5 Å². The predicted molar refractivity (Wildman–Crippen MR) is 73.1 cm³/mol. The Hall–Kier alpha value is -2.62. The van der Waals surface area contributed by atoms with Crippen LogP contribution in [0.25, 0.3) is 0 Å². The average molecular weight is 355 g/mol. The van der Waals surface area contributed by atoms with Crippen LogP contribution in [0, 0.1) is 10.1 Å². The molecule has 0 aromatic carbocycles. The van der Waals surface area contributed by atoms with Gasteiger partial charge in [0.2, 0.25) is 0 Å². The number of hydrogen-bond donors (Lipinski definition) is 1. The van der Waals surface area contributed by atoms with Crippen LogP contribution in [0.3, 0.4) is 0 Å². The van der Waals surface area contributed by atoms with Crippen LogP contribution in [-0.2, 0) is 6.54 Å². The van der Waals surface area contributed by atoms with Gasteiger partial charge >= 0.3 is 17.2 Å². The molecule has 2 heterocycles. The van der Waals surface area contributed by atoms with Crippen molar-refractivity contribution in [3.05, 3.63) is 61.0 Å². The molecular formula is C11H7BrN4O5. The predicted octanol–water partition coefficient (Wildman–Crippen LogP) is 1.06. The zero-order valence-electron chi connectivity index (χ0n) is 10.3. The maximum atomic E-state index is 12.0. The summed E-state index contributed by atoms with van der Waals surface area (Å²) in [6.07, 6.45) is 3.56. The molecule has 0 amide bonds. The summed E-state index contributed by atoms with van der Waals surface area (Å²) in [5, 5.41) is 19.8. The summed E-state index contributed by atoms with van der Waals surface area (Å²) in [6.45, 7) is -0.219. The standard InChI is InChI=1S/C11H7BrN4O5/c12-6-1-9(16(20)21)10(17)15(3-6)4-8-7(11(18)19)2-13-5-14-8/h1-3,5H,4H2,(H,18,19). The van der Waals surface area contributed by atoms with Crippen LogP contribution in [0.4, 0.5) is 5.69 Å². The van der Waals surface area contributed by atoms with E-state index >= 15 is 0 Å². The van der Waals surface area contributed by atoms with Gasteiger partial charge < -0.3 is 9.67 Å². The van der Waals surface area contributed by atoms with E-state index in [1.54, 1.807) is 0 Å². The fraction of sp³-hybridized carbons (Fsp3) is 0.0909. The number of carbonyl (C=O) groups is 1. The third kappa shape index (κ3) is 3.11. The molecule has 0 saturated carbocycles. The molecule has 108 valence electrons. The summed E-state index contributed by atoms with van der Waals surface area (Å²) in [6, 6.07) is 1.08. The van der Waals surface area contributed by atoms with Crippen molar-refractivity contribution >= 4 is 27.6 Å². The Morgan fingerprint density at radius 2 is 2.24 bits per heavy atom. The summed E-state index contributed by atoms with van der Waals surface area (Å²) >= 11 is 3.06. The lowest BCUT2D eigenvalue weighted by Crippen LogP contribution is -2.24.